The first-order valence-electron chi connectivity index (χ1n) is 4.13. The number of fused-ring (bicyclic) bond motifs is 1. The Morgan fingerprint density at radius 2 is 2.29 bits per heavy atom. The maximum Gasteiger partial charge on any atom is 0.436 e. The van der Waals surface area contributed by atoms with Crippen LogP contribution in [0.3, 0.4) is 0 Å². The fraction of sp³-hybridized carbons (Fsp3) is 0.222. The summed E-state index contributed by atoms with van der Waals surface area (Å²) in [4.78, 5) is 11.2. The van der Waals surface area contributed by atoms with E-state index in [1.165, 1.54) is 7.11 Å². The third-order valence-electron chi connectivity index (χ3n) is 1.95. The van der Waals surface area contributed by atoms with E-state index in [1.54, 1.807) is 6.07 Å². The van der Waals surface area contributed by atoms with Crippen LogP contribution in [0.1, 0.15) is 5.56 Å². The minimum absolute atomic E-state index is 0.531. The first kappa shape index (κ1) is 8.68. The van der Waals surface area contributed by atoms with Crippen LogP contribution < -0.4 is 0 Å². The Bertz CT molecular complexity index is 490. The fourth-order valence-corrected chi connectivity index (χ4v) is 1.26. The lowest BCUT2D eigenvalue weighted by atomic mass is 10.2. The molecule has 14 heavy (non-hydrogen) atoms. The summed E-state index contributed by atoms with van der Waals surface area (Å²) in [6.45, 7) is 1.95. The van der Waals surface area contributed by atoms with Crippen LogP contribution in [-0.4, -0.2) is 28.2 Å². The molecule has 2 aromatic rings. The summed E-state index contributed by atoms with van der Waals surface area (Å²) in [5.74, 6) is 0. The molecule has 0 atom stereocenters. The molecule has 5 heteroatoms. The van der Waals surface area contributed by atoms with E-state index in [0.717, 1.165) is 10.2 Å². The van der Waals surface area contributed by atoms with Gasteiger partial charge in [0, 0.05) is 0 Å². The molecular weight excluding hydrogens is 182 g/mol. The predicted molar refractivity (Wildman–Crippen MR) is 50.1 cm³/mol. The number of aryl methyl sites for hydroxylation is 1. The third kappa shape index (κ3) is 1.22. The highest BCUT2D eigenvalue weighted by atomic mass is 16.5. The van der Waals surface area contributed by atoms with Crippen LogP contribution in [0, 0.1) is 6.92 Å². The number of aromatic nitrogens is 3. The Hall–Kier alpha value is -1.91. The number of benzene rings is 1. The van der Waals surface area contributed by atoms with Gasteiger partial charge in [0.15, 0.2) is 0 Å². The Morgan fingerprint density at radius 3 is 3.00 bits per heavy atom. The van der Waals surface area contributed by atoms with E-state index in [2.05, 4.69) is 15.0 Å². The lowest BCUT2D eigenvalue weighted by molar-refractivity contribution is 0.170. The minimum Gasteiger partial charge on any atom is -0.451 e. The molecule has 0 unspecified atom stereocenters. The largest absolute Gasteiger partial charge is 0.451 e. The molecule has 72 valence electrons. The van der Waals surface area contributed by atoms with Gasteiger partial charge in [-0.25, -0.2) is 4.79 Å². The van der Waals surface area contributed by atoms with E-state index in [1.807, 2.05) is 19.1 Å². The van der Waals surface area contributed by atoms with Gasteiger partial charge in [-0.1, -0.05) is 11.3 Å². The number of hydrogen-bond donors (Lipinski definition) is 0. The van der Waals surface area contributed by atoms with Crippen LogP contribution in [0.4, 0.5) is 4.79 Å². The van der Waals surface area contributed by atoms with E-state index in [0.29, 0.717) is 11.0 Å². The summed E-state index contributed by atoms with van der Waals surface area (Å²) in [6, 6.07) is 5.55. The molecule has 0 aliphatic heterocycles. The highest BCUT2D eigenvalue weighted by Gasteiger charge is 2.10. The van der Waals surface area contributed by atoms with Gasteiger partial charge < -0.3 is 4.74 Å². The van der Waals surface area contributed by atoms with Gasteiger partial charge in [0.05, 0.1) is 7.11 Å². The first-order chi connectivity index (χ1) is 6.72. The van der Waals surface area contributed by atoms with Crippen molar-refractivity contribution in [3.8, 4) is 0 Å². The Labute approximate surface area is 80.3 Å². The van der Waals surface area contributed by atoms with Crippen LogP contribution in [0.2, 0.25) is 0 Å². The molecule has 0 fully saturated rings. The van der Waals surface area contributed by atoms with Gasteiger partial charge in [-0.3, -0.25) is 0 Å². The van der Waals surface area contributed by atoms with Crippen LogP contribution in [0.15, 0.2) is 18.2 Å². The zero-order chi connectivity index (χ0) is 10.1. The van der Waals surface area contributed by atoms with Gasteiger partial charge in [0.25, 0.3) is 0 Å². The highest BCUT2D eigenvalue weighted by Crippen LogP contribution is 2.12. The molecule has 0 bridgehead atoms. The molecule has 0 N–H and O–H groups in total. The smallest absolute Gasteiger partial charge is 0.436 e. The van der Waals surface area contributed by atoms with Gasteiger partial charge in [-0.05, 0) is 24.6 Å². The number of ether oxygens (including phenoxy) is 1. The molecule has 5 nitrogen and oxygen atoms in total. The van der Waals surface area contributed by atoms with E-state index in [-0.39, 0.29) is 0 Å². The fourth-order valence-electron chi connectivity index (χ4n) is 1.26. The molecule has 2 rings (SSSR count). The molecule has 0 aliphatic rings. The Balaban J connectivity index is 2.64. The van der Waals surface area contributed by atoms with Crippen LogP contribution in [0.5, 0.6) is 0 Å². The molecule has 1 aromatic heterocycles. The summed E-state index contributed by atoms with van der Waals surface area (Å²) in [5.41, 5.74) is 2.42. The van der Waals surface area contributed by atoms with Crippen molar-refractivity contribution in [2.24, 2.45) is 0 Å². The molecular formula is C9H9N3O2. The van der Waals surface area contributed by atoms with Crippen molar-refractivity contribution in [3.63, 3.8) is 0 Å². The number of hydrogen-bond acceptors (Lipinski definition) is 4. The number of carbonyl (C=O) groups is 1. The second kappa shape index (κ2) is 3.10. The summed E-state index contributed by atoms with van der Waals surface area (Å²) >= 11 is 0. The van der Waals surface area contributed by atoms with E-state index in [4.69, 9.17) is 0 Å². The molecule has 0 spiro atoms. The zero-order valence-electron chi connectivity index (χ0n) is 7.89. The summed E-state index contributed by atoms with van der Waals surface area (Å²) in [6.07, 6.45) is -0.531. The second-order valence-corrected chi connectivity index (χ2v) is 2.96. The topological polar surface area (TPSA) is 57.0 Å². The van der Waals surface area contributed by atoms with E-state index >= 15 is 0 Å². The normalized spacial score (nSPS) is 10.4. The lowest BCUT2D eigenvalue weighted by Gasteiger charge is -1.97. The summed E-state index contributed by atoms with van der Waals surface area (Å²) in [7, 11) is 1.31. The van der Waals surface area contributed by atoms with Crippen LogP contribution in [-0.2, 0) is 4.74 Å². The average molecular weight is 191 g/mol. The number of methoxy groups -OCH3 is 1. The van der Waals surface area contributed by atoms with Gasteiger partial charge in [-0.15, -0.1) is 9.78 Å². The van der Waals surface area contributed by atoms with Crippen molar-refractivity contribution in [3.05, 3.63) is 23.8 Å². The van der Waals surface area contributed by atoms with Crippen molar-refractivity contribution in [2.75, 3.05) is 7.11 Å². The molecule has 0 saturated carbocycles. The highest BCUT2D eigenvalue weighted by molar-refractivity contribution is 5.85. The van der Waals surface area contributed by atoms with E-state index < -0.39 is 6.09 Å². The van der Waals surface area contributed by atoms with Gasteiger partial charge in [-0.2, -0.15) is 0 Å². The van der Waals surface area contributed by atoms with Crippen molar-refractivity contribution in [1.29, 1.82) is 0 Å². The third-order valence-corrected chi connectivity index (χ3v) is 1.95. The van der Waals surface area contributed by atoms with Crippen LogP contribution >= 0.6 is 0 Å². The quantitative estimate of drug-likeness (QED) is 0.630. The van der Waals surface area contributed by atoms with Gasteiger partial charge >= 0.3 is 6.09 Å². The molecule has 1 aromatic carbocycles. The number of rotatable bonds is 0. The van der Waals surface area contributed by atoms with Crippen LogP contribution in [0.25, 0.3) is 11.0 Å². The van der Waals surface area contributed by atoms with Crippen molar-refractivity contribution < 1.29 is 9.53 Å². The van der Waals surface area contributed by atoms with Crippen molar-refractivity contribution in [2.45, 2.75) is 6.92 Å². The molecule has 1 heterocycles. The average Bonchev–Trinajstić information content (AvgIpc) is 2.59. The zero-order valence-corrected chi connectivity index (χ0v) is 7.89. The monoisotopic (exact) mass is 191 g/mol. The summed E-state index contributed by atoms with van der Waals surface area (Å²) in [5, 5.41) is 7.56. The molecule has 0 amide bonds. The minimum atomic E-state index is -0.531. The number of carbonyl (C=O) groups excluding carboxylic acids is 1. The molecule has 0 radical (unpaired) electrons. The predicted octanol–water partition coefficient (Wildman–Crippen LogP) is 1.35. The first-order valence-corrected chi connectivity index (χ1v) is 4.13. The maximum atomic E-state index is 11.2. The molecule has 0 saturated heterocycles. The molecule has 0 aliphatic carbocycles. The number of nitrogens with zero attached hydrogens (tertiary/aromatic N) is 3. The Kier molecular flexibility index (Phi) is 1.92. The summed E-state index contributed by atoms with van der Waals surface area (Å²) < 4.78 is 5.69. The van der Waals surface area contributed by atoms with E-state index in [9.17, 15) is 4.79 Å². The Morgan fingerprint density at radius 1 is 1.50 bits per heavy atom. The van der Waals surface area contributed by atoms with Gasteiger partial charge in [0.1, 0.15) is 11.0 Å². The standard InChI is InChI=1S/C9H9N3O2/c1-6-3-4-8-7(5-6)10-11-12(8)9(13)14-2/h3-5H,1-2H3. The lowest BCUT2D eigenvalue weighted by Crippen LogP contribution is -2.12. The van der Waals surface area contributed by atoms with Crippen molar-refractivity contribution in [1.82, 2.24) is 15.0 Å². The van der Waals surface area contributed by atoms with Gasteiger partial charge in [0.2, 0.25) is 0 Å². The SMILES string of the molecule is COC(=O)n1nnc2cc(C)ccc21. The maximum absolute atomic E-state index is 11.2. The van der Waals surface area contributed by atoms with Crippen molar-refractivity contribution >= 4 is 17.1 Å². The second-order valence-electron chi connectivity index (χ2n) is 2.96.